The molecular formula is C19H13BrFNO2. The van der Waals surface area contributed by atoms with Gasteiger partial charge in [0, 0.05) is 27.8 Å². The summed E-state index contributed by atoms with van der Waals surface area (Å²) in [5, 5.41) is 0.916. The number of carbonyl (C=O) groups is 1. The monoisotopic (exact) mass is 385 g/mol. The average Bonchev–Trinajstić information content (AvgIpc) is 2.56. The topological polar surface area (TPSA) is 39.2 Å². The third-order valence-corrected chi connectivity index (χ3v) is 4.93. The zero-order valence-electron chi connectivity index (χ0n) is 12.6. The van der Waals surface area contributed by atoms with Crippen LogP contribution in [0.2, 0.25) is 0 Å². The summed E-state index contributed by atoms with van der Waals surface area (Å²) in [6.07, 6.45) is 2.77. The van der Waals surface area contributed by atoms with Crippen LogP contribution >= 0.6 is 15.9 Å². The number of hydrogen-bond donors (Lipinski definition) is 0. The first kappa shape index (κ1) is 15.3. The molecule has 1 unspecified atom stereocenters. The van der Waals surface area contributed by atoms with Gasteiger partial charge in [-0.2, -0.15) is 0 Å². The highest BCUT2D eigenvalue weighted by Crippen LogP contribution is 2.41. The Hall–Kier alpha value is -2.27. The van der Waals surface area contributed by atoms with Crippen LogP contribution in [0, 0.1) is 5.82 Å². The number of aromatic nitrogens is 1. The molecule has 1 saturated carbocycles. The van der Waals surface area contributed by atoms with E-state index >= 15 is 0 Å². The van der Waals surface area contributed by atoms with E-state index in [1.54, 1.807) is 18.3 Å². The fourth-order valence-corrected chi connectivity index (χ4v) is 3.43. The van der Waals surface area contributed by atoms with Gasteiger partial charge >= 0.3 is 0 Å². The minimum atomic E-state index is -0.401. The van der Waals surface area contributed by atoms with Crippen molar-refractivity contribution >= 4 is 32.6 Å². The van der Waals surface area contributed by atoms with Crippen molar-refractivity contribution in [2.75, 3.05) is 0 Å². The normalized spacial score (nSPS) is 16.9. The first-order chi connectivity index (χ1) is 11.6. The first-order valence-corrected chi connectivity index (χ1v) is 8.46. The van der Waals surface area contributed by atoms with Crippen LogP contribution in [-0.4, -0.2) is 10.8 Å². The highest BCUT2D eigenvalue weighted by molar-refractivity contribution is 9.10. The second kappa shape index (κ2) is 5.98. The van der Waals surface area contributed by atoms with Crippen molar-refractivity contribution in [2.45, 2.75) is 18.8 Å². The Morgan fingerprint density at radius 1 is 1.21 bits per heavy atom. The molecule has 0 spiro atoms. The fourth-order valence-electron chi connectivity index (χ4n) is 2.94. The lowest BCUT2D eigenvalue weighted by Crippen LogP contribution is -2.24. The lowest BCUT2D eigenvalue weighted by Gasteiger charge is -2.26. The molecule has 0 N–H and O–H groups in total. The predicted octanol–water partition coefficient (Wildman–Crippen LogP) is 5.38. The van der Waals surface area contributed by atoms with Gasteiger partial charge in [-0.3, -0.25) is 9.78 Å². The van der Waals surface area contributed by atoms with E-state index in [1.807, 2.05) is 24.3 Å². The second-order valence-corrected chi connectivity index (χ2v) is 6.65. The van der Waals surface area contributed by atoms with Crippen LogP contribution in [0.1, 0.15) is 24.3 Å². The van der Waals surface area contributed by atoms with Crippen LogP contribution < -0.4 is 4.74 Å². The van der Waals surface area contributed by atoms with Crippen LogP contribution in [0.25, 0.3) is 10.9 Å². The van der Waals surface area contributed by atoms with Crippen LogP contribution in [-0.2, 0) is 4.79 Å². The van der Waals surface area contributed by atoms with Gasteiger partial charge in [0.2, 0.25) is 0 Å². The highest BCUT2D eigenvalue weighted by Gasteiger charge is 2.34. The summed E-state index contributed by atoms with van der Waals surface area (Å²) in [6, 6.07) is 12.3. The van der Waals surface area contributed by atoms with Crippen molar-refractivity contribution in [3.63, 3.8) is 0 Å². The van der Waals surface area contributed by atoms with Gasteiger partial charge in [0.1, 0.15) is 23.1 Å². The fraction of sp³-hybridized carbons (Fsp3) is 0.158. The van der Waals surface area contributed by atoms with Crippen LogP contribution in [0.4, 0.5) is 4.39 Å². The summed E-state index contributed by atoms with van der Waals surface area (Å²) in [6.45, 7) is 0. The molecule has 0 aliphatic heterocycles. The summed E-state index contributed by atoms with van der Waals surface area (Å²) >= 11 is 3.46. The largest absolute Gasteiger partial charge is 0.455 e. The van der Waals surface area contributed by atoms with E-state index in [4.69, 9.17) is 4.74 Å². The van der Waals surface area contributed by atoms with Gasteiger partial charge in [0.05, 0.1) is 11.7 Å². The smallest absolute Gasteiger partial charge is 0.146 e. The van der Waals surface area contributed by atoms with Crippen molar-refractivity contribution in [3.8, 4) is 11.5 Å². The number of nitrogens with zero attached hydrogens (tertiary/aromatic N) is 1. The second-order valence-electron chi connectivity index (χ2n) is 5.79. The average molecular weight is 386 g/mol. The Morgan fingerprint density at radius 3 is 2.79 bits per heavy atom. The standard InChI is InChI=1S/C19H13BrFNO2/c20-14-4-1-3-11-9-12(10-22-19(11)14)24-17-6-2-5-15(21)18(17)13-7-8-16(13)23/h1-6,9-10,13H,7-8H2. The first-order valence-electron chi connectivity index (χ1n) is 7.67. The summed E-state index contributed by atoms with van der Waals surface area (Å²) in [4.78, 5) is 16.2. The summed E-state index contributed by atoms with van der Waals surface area (Å²) in [7, 11) is 0. The maximum absolute atomic E-state index is 14.2. The third kappa shape index (κ3) is 2.59. The predicted molar refractivity (Wildman–Crippen MR) is 92.9 cm³/mol. The van der Waals surface area contributed by atoms with Gasteiger partial charge < -0.3 is 4.74 Å². The number of halogens is 2. The maximum Gasteiger partial charge on any atom is 0.146 e. The van der Waals surface area contributed by atoms with Crippen molar-refractivity contribution < 1.29 is 13.9 Å². The summed E-state index contributed by atoms with van der Waals surface area (Å²) in [5.74, 6) is 0.153. The van der Waals surface area contributed by atoms with Gasteiger partial charge in [0.25, 0.3) is 0 Å². The van der Waals surface area contributed by atoms with Gasteiger partial charge in [-0.15, -0.1) is 0 Å². The van der Waals surface area contributed by atoms with Crippen LogP contribution in [0.5, 0.6) is 11.5 Å². The molecule has 3 aromatic rings. The summed E-state index contributed by atoms with van der Waals surface area (Å²) in [5.41, 5.74) is 1.18. The molecule has 0 saturated heterocycles. The number of fused-ring (bicyclic) bond motifs is 1. The minimum absolute atomic E-state index is 0.0607. The molecule has 1 atom stereocenters. The van der Waals surface area contributed by atoms with Crippen LogP contribution in [0.3, 0.4) is 0 Å². The molecule has 120 valence electrons. The van der Waals surface area contributed by atoms with E-state index in [0.717, 1.165) is 15.4 Å². The molecule has 0 bridgehead atoms. The molecule has 1 fully saturated rings. The SMILES string of the molecule is O=C1CCC1c1c(F)cccc1Oc1cnc2c(Br)cccc2c1. The van der Waals surface area contributed by atoms with Crippen LogP contribution in [0.15, 0.2) is 53.1 Å². The molecule has 4 rings (SSSR count). The zero-order chi connectivity index (χ0) is 16.7. The number of rotatable bonds is 3. The number of benzene rings is 2. The van der Waals surface area contributed by atoms with Crippen molar-refractivity contribution in [1.29, 1.82) is 0 Å². The molecule has 1 heterocycles. The van der Waals surface area contributed by atoms with Crippen molar-refractivity contribution in [1.82, 2.24) is 4.98 Å². The van der Waals surface area contributed by atoms with E-state index in [1.165, 1.54) is 6.07 Å². The number of para-hydroxylation sites is 1. The van der Waals surface area contributed by atoms with E-state index in [2.05, 4.69) is 20.9 Å². The third-order valence-electron chi connectivity index (χ3n) is 4.29. The van der Waals surface area contributed by atoms with Crippen molar-refractivity contribution in [3.05, 3.63) is 64.5 Å². The molecular weight excluding hydrogens is 373 g/mol. The van der Waals surface area contributed by atoms with E-state index in [0.29, 0.717) is 29.9 Å². The maximum atomic E-state index is 14.2. The zero-order valence-corrected chi connectivity index (χ0v) is 14.2. The Kier molecular flexibility index (Phi) is 3.81. The number of ether oxygens (including phenoxy) is 1. The van der Waals surface area contributed by atoms with E-state index in [-0.39, 0.29) is 5.78 Å². The number of carbonyl (C=O) groups excluding carboxylic acids is 1. The number of ketones is 1. The molecule has 1 aliphatic rings. The van der Waals surface area contributed by atoms with E-state index < -0.39 is 11.7 Å². The van der Waals surface area contributed by atoms with Gasteiger partial charge in [-0.1, -0.05) is 18.2 Å². The Balaban J connectivity index is 1.73. The molecule has 1 aliphatic carbocycles. The molecule has 3 nitrogen and oxygen atoms in total. The number of hydrogen-bond acceptors (Lipinski definition) is 3. The molecule has 1 aromatic heterocycles. The Labute approximate surface area is 146 Å². The highest BCUT2D eigenvalue weighted by atomic mass is 79.9. The molecule has 2 aromatic carbocycles. The quantitative estimate of drug-likeness (QED) is 0.607. The number of Topliss-reactive ketones (excluding diaryl/α,β-unsaturated/α-hetero) is 1. The number of pyridine rings is 1. The Morgan fingerprint density at radius 2 is 2.04 bits per heavy atom. The molecule has 0 amide bonds. The lowest BCUT2D eigenvalue weighted by molar-refractivity contribution is -0.125. The van der Waals surface area contributed by atoms with Gasteiger partial charge in [0.15, 0.2) is 0 Å². The lowest BCUT2D eigenvalue weighted by atomic mass is 9.78. The van der Waals surface area contributed by atoms with Gasteiger partial charge in [-0.25, -0.2) is 4.39 Å². The van der Waals surface area contributed by atoms with Gasteiger partial charge in [-0.05, 0) is 46.6 Å². The van der Waals surface area contributed by atoms with Crippen molar-refractivity contribution in [2.24, 2.45) is 0 Å². The minimum Gasteiger partial charge on any atom is -0.455 e. The Bertz CT molecular complexity index is 957. The molecule has 5 heteroatoms. The van der Waals surface area contributed by atoms with E-state index in [9.17, 15) is 9.18 Å². The molecule has 24 heavy (non-hydrogen) atoms. The summed E-state index contributed by atoms with van der Waals surface area (Å²) < 4.78 is 21.0. The molecule has 0 radical (unpaired) electrons.